The number of ether oxygens (including phenoxy) is 1. The number of hydrogen-bond acceptors (Lipinski definition) is 2. The summed E-state index contributed by atoms with van der Waals surface area (Å²) in [5.74, 6) is 0. The van der Waals surface area contributed by atoms with Crippen LogP contribution >= 0.6 is 0 Å². The highest BCUT2D eigenvalue weighted by atomic mass is 16.5. The molecule has 0 atom stereocenters. The van der Waals surface area contributed by atoms with Crippen LogP contribution in [0.4, 0.5) is 0 Å². The first-order valence-corrected chi connectivity index (χ1v) is 2.89. The topological polar surface area (TPSA) is 26.3 Å². The molecule has 0 spiro atoms. The predicted octanol–water partition coefficient (Wildman–Crippen LogP) is 1.43. The van der Waals surface area contributed by atoms with Crippen LogP contribution in [0.1, 0.15) is 20.3 Å². The molecule has 2 heteroatoms. The van der Waals surface area contributed by atoms with Crippen molar-refractivity contribution in [1.82, 2.24) is 0 Å². The van der Waals surface area contributed by atoms with Crippen molar-refractivity contribution < 1.29 is 9.53 Å². The summed E-state index contributed by atoms with van der Waals surface area (Å²) in [5.41, 5.74) is 1.24. The van der Waals surface area contributed by atoms with Gasteiger partial charge in [0.15, 0.2) is 0 Å². The van der Waals surface area contributed by atoms with E-state index in [9.17, 15) is 4.79 Å². The smallest absolute Gasteiger partial charge is 0.417 e. The van der Waals surface area contributed by atoms with E-state index in [-0.39, 0.29) is 0 Å². The first kappa shape index (κ1) is 8.21. The van der Waals surface area contributed by atoms with Crippen molar-refractivity contribution in [2.75, 3.05) is 6.61 Å². The highest BCUT2D eigenvalue weighted by molar-refractivity contribution is 5.38. The Morgan fingerprint density at radius 2 is 2.33 bits per heavy atom. The lowest BCUT2D eigenvalue weighted by molar-refractivity contribution is 0.284. The Kier molecular flexibility index (Phi) is 4.88. The average Bonchev–Trinajstić information content (AvgIpc) is 1.80. The van der Waals surface area contributed by atoms with E-state index in [0.29, 0.717) is 6.61 Å². The first-order valence-electron chi connectivity index (χ1n) is 2.89. The van der Waals surface area contributed by atoms with Gasteiger partial charge in [0.05, 0.1) is 6.61 Å². The lowest BCUT2D eigenvalue weighted by atomic mass is 10.3. The molecule has 0 saturated carbocycles. The first-order chi connectivity index (χ1) is 4.27. The zero-order valence-corrected chi connectivity index (χ0v) is 5.81. The van der Waals surface area contributed by atoms with Gasteiger partial charge in [-0.25, -0.2) is 4.79 Å². The zero-order chi connectivity index (χ0) is 7.11. The van der Waals surface area contributed by atoms with Gasteiger partial charge in [-0.1, -0.05) is 11.6 Å². The SMILES string of the molecule is CC(C)=CCCO[C]=O. The molecule has 1 radical (unpaired) electrons. The summed E-state index contributed by atoms with van der Waals surface area (Å²) in [6, 6.07) is 0. The molecule has 0 aromatic carbocycles. The van der Waals surface area contributed by atoms with Gasteiger partial charge in [-0.05, 0) is 20.3 Å². The van der Waals surface area contributed by atoms with Crippen molar-refractivity contribution in [3.8, 4) is 0 Å². The number of carbonyl (C=O) groups excluding carboxylic acids is 1. The van der Waals surface area contributed by atoms with E-state index in [2.05, 4.69) is 4.74 Å². The van der Waals surface area contributed by atoms with E-state index in [1.165, 1.54) is 12.0 Å². The molecule has 51 valence electrons. The molecule has 0 saturated heterocycles. The average molecular weight is 127 g/mol. The van der Waals surface area contributed by atoms with Gasteiger partial charge < -0.3 is 4.74 Å². The second-order valence-electron chi connectivity index (χ2n) is 2.00. The number of rotatable bonds is 4. The van der Waals surface area contributed by atoms with Crippen LogP contribution in [0.5, 0.6) is 0 Å². The molecule has 0 aromatic rings. The maximum absolute atomic E-state index is 9.48. The summed E-state index contributed by atoms with van der Waals surface area (Å²) in [7, 11) is 0. The molecule has 0 rings (SSSR count). The van der Waals surface area contributed by atoms with Gasteiger partial charge in [0.25, 0.3) is 0 Å². The summed E-state index contributed by atoms with van der Waals surface area (Å²) in [6.07, 6.45) is 2.80. The van der Waals surface area contributed by atoms with Gasteiger partial charge in [-0.2, -0.15) is 0 Å². The van der Waals surface area contributed by atoms with Crippen LogP contribution in [0.15, 0.2) is 11.6 Å². The third kappa shape index (κ3) is 7.21. The molecule has 9 heavy (non-hydrogen) atoms. The molecule has 0 fully saturated rings. The maximum atomic E-state index is 9.48. The molecule has 0 unspecified atom stereocenters. The van der Waals surface area contributed by atoms with Crippen molar-refractivity contribution in [3.63, 3.8) is 0 Å². The van der Waals surface area contributed by atoms with E-state index in [1.807, 2.05) is 19.9 Å². The van der Waals surface area contributed by atoms with Gasteiger partial charge in [0.1, 0.15) is 0 Å². The Morgan fingerprint density at radius 3 is 2.78 bits per heavy atom. The molecule has 0 N–H and O–H groups in total. The van der Waals surface area contributed by atoms with Crippen LogP contribution in [0.3, 0.4) is 0 Å². The quantitative estimate of drug-likeness (QED) is 0.421. The van der Waals surface area contributed by atoms with Crippen molar-refractivity contribution in [3.05, 3.63) is 11.6 Å². The Morgan fingerprint density at radius 1 is 1.67 bits per heavy atom. The fourth-order valence-corrected chi connectivity index (χ4v) is 0.448. The Bertz CT molecular complexity index is 101. The summed E-state index contributed by atoms with van der Waals surface area (Å²) in [6.45, 7) is 5.81. The molecule has 0 aliphatic rings. The van der Waals surface area contributed by atoms with Crippen molar-refractivity contribution in [2.24, 2.45) is 0 Å². The van der Waals surface area contributed by atoms with Crippen LogP contribution < -0.4 is 0 Å². The van der Waals surface area contributed by atoms with Gasteiger partial charge in [-0.3, -0.25) is 0 Å². The van der Waals surface area contributed by atoms with Gasteiger partial charge in [0.2, 0.25) is 0 Å². The van der Waals surface area contributed by atoms with Crippen LogP contribution in [0.25, 0.3) is 0 Å². The largest absolute Gasteiger partial charge is 0.457 e. The number of hydrogen-bond donors (Lipinski definition) is 0. The second-order valence-corrected chi connectivity index (χ2v) is 2.00. The number of allylic oxidation sites excluding steroid dienone is 1. The maximum Gasteiger partial charge on any atom is 0.417 e. The molecular weight excluding hydrogens is 116 g/mol. The molecule has 0 bridgehead atoms. The molecule has 0 heterocycles. The van der Waals surface area contributed by atoms with E-state index >= 15 is 0 Å². The van der Waals surface area contributed by atoms with E-state index in [4.69, 9.17) is 0 Å². The van der Waals surface area contributed by atoms with Crippen LogP contribution in [0.2, 0.25) is 0 Å². The van der Waals surface area contributed by atoms with Gasteiger partial charge >= 0.3 is 6.47 Å². The van der Waals surface area contributed by atoms with E-state index in [1.54, 1.807) is 0 Å². The summed E-state index contributed by atoms with van der Waals surface area (Å²) < 4.78 is 4.33. The zero-order valence-electron chi connectivity index (χ0n) is 5.81. The Labute approximate surface area is 55.5 Å². The third-order valence-corrected chi connectivity index (χ3v) is 0.831. The highest BCUT2D eigenvalue weighted by Gasteiger charge is 1.81. The Hall–Kier alpha value is -0.790. The van der Waals surface area contributed by atoms with Crippen molar-refractivity contribution in [2.45, 2.75) is 20.3 Å². The fourth-order valence-electron chi connectivity index (χ4n) is 0.448. The molecule has 0 amide bonds. The molecular formula is C7H11O2. The minimum atomic E-state index is 0.439. The van der Waals surface area contributed by atoms with Gasteiger partial charge in [0, 0.05) is 0 Å². The minimum Gasteiger partial charge on any atom is -0.457 e. The summed E-state index contributed by atoms with van der Waals surface area (Å²) >= 11 is 0. The standard InChI is InChI=1S/C7H11O2/c1-7(2)4-3-5-9-6-8/h4H,3,5H2,1-2H3. The lowest BCUT2D eigenvalue weighted by Gasteiger charge is -1.91. The fraction of sp³-hybridized carbons (Fsp3) is 0.571. The molecule has 0 aliphatic heterocycles. The molecule has 0 aliphatic carbocycles. The van der Waals surface area contributed by atoms with Crippen LogP contribution in [-0.4, -0.2) is 13.1 Å². The molecule has 2 nitrogen and oxygen atoms in total. The van der Waals surface area contributed by atoms with Crippen LogP contribution in [-0.2, 0) is 9.53 Å². The van der Waals surface area contributed by atoms with E-state index < -0.39 is 0 Å². The molecule has 0 aromatic heterocycles. The third-order valence-electron chi connectivity index (χ3n) is 0.831. The van der Waals surface area contributed by atoms with E-state index in [0.717, 1.165) is 6.42 Å². The van der Waals surface area contributed by atoms with Crippen molar-refractivity contribution in [1.29, 1.82) is 0 Å². The van der Waals surface area contributed by atoms with Crippen LogP contribution in [0, 0.1) is 0 Å². The monoisotopic (exact) mass is 127 g/mol. The summed E-state index contributed by atoms with van der Waals surface area (Å²) in [5, 5.41) is 0. The normalized spacial score (nSPS) is 8.22. The lowest BCUT2D eigenvalue weighted by Crippen LogP contribution is -1.88. The second kappa shape index (κ2) is 5.35. The highest BCUT2D eigenvalue weighted by Crippen LogP contribution is 1.91. The summed E-state index contributed by atoms with van der Waals surface area (Å²) in [4.78, 5) is 9.48. The minimum absolute atomic E-state index is 0.439. The Balaban J connectivity index is 3.09. The van der Waals surface area contributed by atoms with Crippen molar-refractivity contribution >= 4 is 6.47 Å². The van der Waals surface area contributed by atoms with Gasteiger partial charge in [-0.15, -0.1) is 0 Å². The predicted molar refractivity (Wildman–Crippen MR) is 35.7 cm³/mol.